The van der Waals surface area contributed by atoms with Crippen molar-refractivity contribution < 1.29 is 13.7 Å². The van der Waals surface area contributed by atoms with Gasteiger partial charge in [-0.15, -0.1) is 0 Å². The summed E-state index contributed by atoms with van der Waals surface area (Å²) >= 11 is 3.24. The molecule has 2 rings (SSSR count). The predicted molar refractivity (Wildman–Crippen MR) is 69.9 cm³/mol. The van der Waals surface area contributed by atoms with Gasteiger partial charge in [0.25, 0.3) is 5.89 Å². The second kappa shape index (κ2) is 5.26. The summed E-state index contributed by atoms with van der Waals surface area (Å²) in [5.41, 5.74) is 5.14. The van der Waals surface area contributed by atoms with Crippen molar-refractivity contribution in [3.8, 4) is 5.75 Å². The highest BCUT2D eigenvalue weighted by atomic mass is 79.9. The largest absolute Gasteiger partial charge is 0.481 e. The third kappa shape index (κ3) is 3.51. The molecule has 0 saturated heterocycles. The number of ether oxygens (including phenoxy) is 1. The lowest BCUT2D eigenvalue weighted by Crippen LogP contribution is -2.30. The van der Waals surface area contributed by atoms with Crippen LogP contribution >= 0.6 is 15.9 Å². The molecule has 0 aliphatic heterocycles. The second-order valence-corrected chi connectivity index (χ2v) is 5.51. The molecule has 0 aliphatic carbocycles. The van der Waals surface area contributed by atoms with E-state index in [1.807, 2.05) is 0 Å². The van der Waals surface area contributed by atoms with Crippen LogP contribution in [0.1, 0.15) is 25.6 Å². The van der Waals surface area contributed by atoms with Crippen LogP contribution in [-0.2, 0) is 12.1 Å². The summed E-state index contributed by atoms with van der Waals surface area (Å²) in [6, 6.07) is 4.42. The van der Waals surface area contributed by atoms with Crippen molar-refractivity contribution >= 4 is 15.9 Å². The lowest BCUT2D eigenvalue weighted by Gasteiger charge is -2.11. The molecule has 0 fully saturated rings. The number of hydrogen-bond acceptors (Lipinski definition) is 5. The zero-order valence-electron chi connectivity index (χ0n) is 10.5. The van der Waals surface area contributed by atoms with E-state index in [9.17, 15) is 4.39 Å². The van der Waals surface area contributed by atoms with E-state index in [2.05, 4.69) is 26.1 Å². The summed E-state index contributed by atoms with van der Waals surface area (Å²) in [6.45, 7) is 3.50. The van der Waals surface area contributed by atoms with Crippen LogP contribution in [0.25, 0.3) is 0 Å². The van der Waals surface area contributed by atoms with Gasteiger partial charge in [-0.05, 0) is 32.0 Å². The van der Waals surface area contributed by atoms with Crippen LogP contribution in [0.2, 0.25) is 0 Å². The molecular weight excluding hydrogens is 317 g/mol. The fourth-order valence-corrected chi connectivity index (χ4v) is 1.64. The Morgan fingerprint density at radius 1 is 1.47 bits per heavy atom. The smallest absolute Gasteiger partial charge is 0.264 e. The van der Waals surface area contributed by atoms with E-state index in [4.69, 9.17) is 15.0 Å². The lowest BCUT2D eigenvalue weighted by molar-refractivity contribution is 0.233. The summed E-state index contributed by atoms with van der Waals surface area (Å²) in [6.07, 6.45) is 0. The first-order valence-electron chi connectivity index (χ1n) is 5.56. The number of nitrogens with zero attached hydrogens (tertiary/aromatic N) is 2. The number of nitrogens with two attached hydrogens (primary N) is 1. The molecule has 2 N–H and O–H groups in total. The molecular formula is C12H13BrFN3O2. The molecule has 19 heavy (non-hydrogen) atoms. The minimum Gasteiger partial charge on any atom is -0.481 e. The van der Waals surface area contributed by atoms with Gasteiger partial charge < -0.3 is 15.0 Å². The molecule has 2 aromatic rings. The third-order valence-corrected chi connectivity index (χ3v) is 2.78. The van der Waals surface area contributed by atoms with E-state index in [0.717, 1.165) is 4.47 Å². The molecule has 0 unspecified atom stereocenters. The Hall–Kier alpha value is -1.47. The van der Waals surface area contributed by atoms with Gasteiger partial charge in [0.15, 0.2) is 24.0 Å². The van der Waals surface area contributed by atoms with E-state index in [1.54, 1.807) is 19.9 Å². The first-order valence-corrected chi connectivity index (χ1v) is 6.35. The minimum atomic E-state index is -0.692. The van der Waals surface area contributed by atoms with Crippen LogP contribution in [0.5, 0.6) is 5.75 Å². The fourth-order valence-electron chi connectivity index (χ4n) is 1.30. The molecule has 1 aromatic carbocycles. The maximum atomic E-state index is 13.4. The van der Waals surface area contributed by atoms with Crippen molar-refractivity contribution in [2.45, 2.75) is 26.0 Å². The Morgan fingerprint density at radius 3 is 2.84 bits per heavy atom. The molecule has 0 bridgehead atoms. The molecule has 0 aliphatic rings. The van der Waals surface area contributed by atoms with Crippen molar-refractivity contribution in [3.63, 3.8) is 0 Å². The van der Waals surface area contributed by atoms with E-state index in [0.29, 0.717) is 5.82 Å². The zero-order valence-corrected chi connectivity index (χ0v) is 12.1. The number of halogens is 2. The topological polar surface area (TPSA) is 74.2 Å². The molecule has 1 heterocycles. The minimum absolute atomic E-state index is 0.0174. The van der Waals surface area contributed by atoms with Crippen molar-refractivity contribution in [1.29, 1.82) is 0 Å². The van der Waals surface area contributed by atoms with Crippen molar-refractivity contribution in [3.05, 3.63) is 40.2 Å². The van der Waals surface area contributed by atoms with E-state index in [-0.39, 0.29) is 18.2 Å². The Bertz CT molecular complexity index is 581. The summed E-state index contributed by atoms with van der Waals surface area (Å²) in [7, 11) is 0. The van der Waals surface area contributed by atoms with Crippen LogP contribution in [0.3, 0.4) is 0 Å². The van der Waals surface area contributed by atoms with Crippen molar-refractivity contribution in [2.24, 2.45) is 5.73 Å². The molecule has 0 amide bonds. The van der Waals surface area contributed by atoms with E-state index in [1.165, 1.54) is 12.1 Å². The van der Waals surface area contributed by atoms with E-state index < -0.39 is 11.4 Å². The molecule has 0 radical (unpaired) electrons. The van der Waals surface area contributed by atoms with Crippen LogP contribution in [0.4, 0.5) is 4.39 Å². The molecule has 0 spiro atoms. The van der Waals surface area contributed by atoms with Crippen LogP contribution in [0.15, 0.2) is 27.2 Å². The highest BCUT2D eigenvalue weighted by Gasteiger charge is 2.21. The maximum Gasteiger partial charge on any atom is 0.264 e. The van der Waals surface area contributed by atoms with E-state index >= 15 is 0 Å². The quantitative estimate of drug-likeness (QED) is 0.933. The fraction of sp³-hybridized carbons (Fsp3) is 0.333. The normalized spacial score (nSPS) is 11.6. The van der Waals surface area contributed by atoms with Gasteiger partial charge in [0.05, 0.1) is 5.54 Å². The van der Waals surface area contributed by atoms with Gasteiger partial charge in [-0.1, -0.05) is 21.1 Å². The number of hydrogen-bond donors (Lipinski definition) is 1. The van der Waals surface area contributed by atoms with Crippen LogP contribution in [0, 0.1) is 5.82 Å². The zero-order chi connectivity index (χ0) is 14.0. The molecule has 0 atom stereocenters. The van der Waals surface area contributed by atoms with Crippen LogP contribution < -0.4 is 10.5 Å². The first kappa shape index (κ1) is 14.0. The standard InChI is InChI=1S/C12H13BrFN3O2/c1-12(2,15)11-16-10(19-17-11)6-18-9-5-7(13)3-4-8(9)14/h3-5H,6,15H2,1-2H3. The second-order valence-electron chi connectivity index (χ2n) is 4.60. The molecule has 1 aromatic heterocycles. The predicted octanol–water partition coefficient (Wildman–Crippen LogP) is 2.74. The van der Waals surface area contributed by atoms with Gasteiger partial charge in [-0.3, -0.25) is 0 Å². The Balaban J connectivity index is 2.06. The highest BCUT2D eigenvalue weighted by molar-refractivity contribution is 9.10. The Morgan fingerprint density at radius 2 is 2.21 bits per heavy atom. The van der Waals surface area contributed by atoms with Crippen LogP contribution in [-0.4, -0.2) is 10.1 Å². The average molecular weight is 330 g/mol. The number of aromatic nitrogens is 2. The van der Waals surface area contributed by atoms with Gasteiger partial charge in [0.1, 0.15) is 0 Å². The summed E-state index contributed by atoms with van der Waals surface area (Å²) < 4.78 is 24.4. The van der Waals surface area contributed by atoms with Gasteiger partial charge in [0, 0.05) is 4.47 Å². The molecule has 0 saturated carbocycles. The van der Waals surface area contributed by atoms with Crippen molar-refractivity contribution in [1.82, 2.24) is 10.1 Å². The average Bonchev–Trinajstić information content (AvgIpc) is 2.79. The first-order chi connectivity index (χ1) is 8.86. The maximum absolute atomic E-state index is 13.4. The van der Waals surface area contributed by atoms with Gasteiger partial charge in [-0.25, -0.2) is 4.39 Å². The lowest BCUT2D eigenvalue weighted by atomic mass is 10.1. The Kier molecular flexibility index (Phi) is 3.86. The van der Waals surface area contributed by atoms with Gasteiger partial charge in [0.2, 0.25) is 0 Å². The van der Waals surface area contributed by atoms with Gasteiger partial charge in [-0.2, -0.15) is 4.98 Å². The third-order valence-electron chi connectivity index (χ3n) is 2.29. The summed E-state index contributed by atoms with van der Waals surface area (Å²) in [5.74, 6) is 0.275. The monoisotopic (exact) mass is 329 g/mol. The highest BCUT2D eigenvalue weighted by Crippen LogP contribution is 2.23. The Labute approximate surface area is 118 Å². The van der Waals surface area contributed by atoms with Gasteiger partial charge >= 0.3 is 0 Å². The summed E-state index contributed by atoms with van der Waals surface area (Å²) in [5, 5.41) is 3.75. The summed E-state index contributed by atoms with van der Waals surface area (Å²) in [4.78, 5) is 4.09. The molecule has 102 valence electrons. The SMILES string of the molecule is CC(C)(N)c1noc(COc2cc(Br)ccc2F)n1. The number of benzene rings is 1. The number of rotatable bonds is 4. The molecule has 7 heteroatoms. The molecule has 5 nitrogen and oxygen atoms in total. The van der Waals surface area contributed by atoms with Crippen molar-refractivity contribution in [2.75, 3.05) is 0 Å².